The van der Waals surface area contributed by atoms with Crippen LogP contribution in [-0.4, -0.2) is 58.9 Å². The van der Waals surface area contributed by atoms with Gasteiger partial charge in [0.15, 0.2) is 0 Å². The Morgan fingerprint density at radius 2 is 2.41 bits per heavy atom. The molecule has 2 atom stereocenters. The summed E-state index contributed by atoms with van der Waals surface area (Å²) in [4.78, 5) is 2.48. The van der Waals surface area contributed by atoms with Crippen molar-refractivity contribution < 1.29 is 0 Å². The van der Waals surface area contributed by atoms with Gasteiger partial charge in [0.25, 0.3) is 0 Å². The van der Waals surface area contributed by atoms with Crippen LogP contribution in [0, 0.1) is 0 Å². The van der Waals surface area contributed by atoms with Gasteiger partial charge in [-0.2, -0.15) is 16.9 Å². The highest BCUT2D eigenvalue weighted by atomic mass is 32.2. The Hall–Kier alpha value is -0.520. The number of aromatic nitrogens is 2. The quantitative estimate of drug-likeness (QED) is 0.853. The zero-order chi connectivity index (χ0) is 12.3. The van der Waals surface area contributed by atoms with Crippen LogP contribution >= 0.6 is 11.8 Å². The minimum absolute atomic E-state index is 0.511. The van der Waals surface area contributed by atoms with E-state index in [9.17, 15) is 0 Å². The Morgan fingerprint density at radius 1 is 1.59 bits per heavy atom. The Labute approximate surface area is 108 Å². The van der Waals surface area contributed by atoms with Gasteiger partial charge in [0, 0.05) is 43.4 Å². The maximum atomic E-state index is 4.24. The topological polar surface area (TPSA) is 33.1 Å². The fraction of sp³-hybridized carbons (Fsp3) is 0.750. The van der Waals surface area contributed by atoms with Crippen LogP contribution in [0.15, 0.2) is 12.4 Å². The van der Waals surface area contributed by atoms with Crippen LogP contribution in [0.5, 0.6) is 0 Å². The first-order valence-corrected chi connectivity index (χ1v) is 7.29. The van der Waals surface area contributed by atoms with E-state index in [2.05, 4.69) is 47.4 Å². The van der Waals surface area contributed by atoms with Crippen molar-refractivity contribution in [1.29, 1.82) is 0 Å². The van der Waals surface area contributed by atoms with Gasteiger partial charge in [-0.05, 0) is 26.1 Å². The van der Waals surface area contributed by atoms with E-state index < -0.39 is 0 Å². The molecule has 0 bridgehead atoms. The highest BCUT2D eigenvalue weighted by Crippen LogP contribution is 2.19. The summed E-state index contributed by atoms with van der Waals surface area (Å²) in [6.45, 7) is 1.19. The number of thioether (sulfide) groups is 1. The van der Waals surface area contributed by atoms with Crippen LogP contribution in [0.25, 0.3) is 0 Å². The molecule has 0 aliphatic carbocycles. The molecule has 0 amide bonds. The lowest BCUT2D eigenvalue weighted by Crippen LogP contribution is -2.52. The van der Waals surface area contributed by atoms with Gasteiger partial charge in [0.05, 0.1) is 6.20 Å². The molecule has 2 unspecified atom stereocenters. The van der Waals surface area contributed by atoms with Crippen LogP contribution < -0.4 is 5.32 Å². The van der Waals surface area contributed by atoms with E-state index in [4.69, 9.17) is 0 Å². The summed E-state index contributed by atoms with van der Waals surface area (Å²) in [5, 5.41) is 7.71. The molecule has 96 valence electrons. The van der Waals surface area contributed by atoms with Crippen LogP contribution in [0.2, 0.25) is 0 Å². The van der Waals surface area contributed by atoms with Crippen molar-refractivity contribution in [3.63, 3.8) is 0 Å². The van der Waals surface area contributed by atoms with Gasteiger partial charge < -0.3 is 10.2 Å². The number of nitrogens with one attached hydrogen (secondary N) is 1. The average Bonchev–Trinajstić information content (AvgIpc) is 2.73. The summed E-state index contributed by atoms with van der Waals surface area (Å²) < 4.78 is 1.88. The van der Waals surface area contributed by atoms with Gasteiger partial charge in [0.1, 0.15) is 0 Å². The Kier molecular flexibility index (Phi) is 4.48. The first kappa shape index (κ1) is 12.9. The SMILES string of the molecule is CNC(Cc1cnn(C)c1)C1CSCCN1C. The van der Waals surface area contributed by atoms with Crippen molar-refractivity contribution in [2.24, 2.45) is 7.05 Å². The number of nitrogens with zero attached hydrogens (tertiary/aromatic N) is 3. The molecule has 1 aromatic heterocycles. The van der Waals surface area contributed by atoms with E-state index in [1.54, 1.807) is 0 Å². The number of aryl methyl sites for hydroxylation is 1. The molecule has 4 nitrogen and oxygen atoms in total. The van der Waals surface area contributed by atoms with Crippen molar-refractivity contribution in [2.45, 2.75) is 18.5 Å². The monoisotopic (exact) mass is 254 g/mol. The van der Waals surface area contributed by atoms with Gasteiger partial charge in [-0.25, -0.2) is 0 Å². The Morgan fingerprint density at radius 3 is 3.00 bits per heavy atom. The summed E-state index contributed by atoms with van der Waals surface area (Å²) in [5.41, 5.74) is 1.32. The van der Waals surface area contributed by atoms with Crippen LogP contribution in [0.1, 0.15) is 5.56 Å². The minimum atomic E-state index is 0.511. The Balaban J connectivity index is 2.00. The van der Waals surface area contributed by atoms with E-state index in [0.29, 0.717) is 12.1 Å². The number of likely N-dealkylation sites (N-methyl/N-ethyl adjacent to an activating group) is 2. The van der Waals surface area contributed by atoms with Gasteiger partial charge in [0.2, 0.25) is 0 Å². The molecule has 1 aromatic rings. The first-order chi connectivity index (χ1) is 8.20. The second-order valence-corrected chi connectivity index (χ2v) is 5.89. The van der Waals surface area contributed by atoms with Crippen LogP contribution in [-0.2, 0) is 13.5 Å². The number of hydrogen-bond donors (Lipinski definition) is 1. The third-order valence-electron chi connectivity index (χ3n) is 3.49. The molecule has 1 saturated heterocycles. The molecule has 1 fully saturated rings. The second kappa shape index (κ2) is 5.89. The molecule has 17 heavy (non-hydrogen) atoms. The fourth-order valence-corrected chi connectivity index (χ4v) is 3.70. The maximum absolute atomic E-state index is 4.24. The van der Waals surface area contributed by atoms with Crippen molar-refractivity contribution in [2.75, 3.05) is 32.1 Å². The van der Waals surface area contributed by atoms with E-state index in [0.717, 1.165) is 6.42 Å². The standard InChI is InChI=1S/C12H22N4S/c1-13-11(6-10-7-14-16(3)8-10)12-9-17-5-4-15(12)2/h7-8,11-13H,4-6,9H2,1-3H3. The highest BCUT2D eigenvalue weighted by molar-refractivity contribution is 7.99. The molecule has 5 heteroatoms. The van der Waals surface area contributed by atoms with Crippen LogP contribution in [0.3, 0.4) is 0 Å². The summed E-state index contributed by atoms with van der Waals surface area (Å²) in [6, 6.07) is 1.14. The summed E-state index contributed by atoms with van der Waals surface area (Å²) in [5.74, 6) is 2.48. The third kappa shape index (κ3) is 3.24. The lowest BCUT2D eigenvalue weighted by atomic mass is 10.0. The Bertz CT molecular complexity index is 352. The van der Waals surface area contributed by atoms with Gasteiger partial charge >= 0.3 is 0 Å². The third-order valence-corrected chi connectivity index (χ3v) is 4.54. The number of hydrogen-bond acceptors (Lipinski definition) is 4. The smallest absolute Gasteiger partial charge is 0.0522 e. The van der Waals surface area contributed by atoms with Crippen molar-refractivity contribution in [3.05, 3.63) is 18.0 Å². The maximum Gasteiger partial charge on any atom is 0.0522 e. The number of rotatable bonds is 4. The van der Waals surface area contributed by atoms with Gasteiger partial charge in [-0.15, -0.1) is 0 Å². The van der Waals surface area contributed by atoms with E-state index in [1.807, 2.05) is 17.9 Å². The molecule has 1 aliphatic rings. The van der Waals surface area contributed by atoms with E-state index in [1.165, 1.54) is 23.6 Å². The molecule has 2 rings (SSSR count). The van der Waals surface area contributed by atoms with Gasteiger partial charge in [-0.1, -0.05) is 0 Å². The second-order valence-electron chi connectivity index (χ2n) is 4.74. The summed E-state index contributed by atoms with van der Waals surface area (Å²) >= 11 is 2.06. The zero-order valence-corrected chi connectivity index (χ0v) is 11.7. The predicted molar refractivity (Wildman–Crippen MR) is 73.5 cm³/mol. The molecule has 0 saturated carbocycles. The van der Waals surface area contributed by atoms with E-state index >= 15 is 0 Å². The first-order valence-electron chi connectivity index (χ1n) is 6.13. The minimum Gasteiger partial charge on any atom is -0.315 e. The van der Waals surface area contributed by atoms with E-state index in [-0.39, 0.29) is 0 Å². The highest BCUT2D eigenvalue weighted by Gasteiger charge is 2.27. The summed E-state index contributed by atoms with van der Waals surface area (Å²) in [6.07, 6.45) is 5.14. The molecule has 1 aliphatic heterocycles. The van der Waals surface area contributed by atoms with Crippen molar-refractivity contribution in [1.82, 2.24) is 20.0 Å². The average molecular weight is 254 g/mol. The molecule has 1 N–H and O–H groups in total. The van der Waals surface area contributed by atoms with Gasteiger partial charge in [-0.3, -0.25) is 4.68 Å². The largest absolute Gasteiger partial charge is 0.315 e. The normalized spacial score (nSPS) is 23.8. The molecule has 0 spiro atoms. The molecule has 0 aromatic carbocycles. The predicted octanol–water partition coefficient (Wildman–Crippen LogP) is 0.598. The molecule has 0 radical (unpaired) electrons. The fourth-order valence-electron chi connectivity index (χ4n) is 2.39. The molecule has 2 heterocycles. The summed E-state index contributed by atoms with van der Waals surface area (Å²) in [7, 11) is 6.27. The van der Waals surface area contributed by atoms with Crippen molar-refractivity contribution in [3.8, 4) is 0 Å². The lowest BCUT2D eigenvalue weighted by molar-refractivity contribution is 0.219. The molecular weight excluding hydrogens is 232 g/mol. The molecular formula is C12H22N4S. The lowest BCUT2D eigenvalue weighted by Gasteiger charge is -2.37. The van der Waals surface area contributed by atoms with Crippen molar-refractivity contribution >= 4 is 11.8 Å². The van der Waals surface area contributed by atoms with Crippen LogP contribution in [0.4, 0.5) is 0 Å². The zero-order valence-electron chi connectivity index (χ0n) is 10.9.